The van der Waals surface area contributed by atoms with Gasteiger partial charge in [-0.25, -0.2) is 0 Å². The Balaban J connectivity index is 1.55. The average Bonchev–Trinajstić information content (AvgIpc) is 3.39. The van der Waals surface area contributed by atoms with Crippen molar-refractivity contribution in [3.63, 3.8) is 0 Å². The summed E-state index contributed by atoms with van der Waals surface area (Å²) in [6.07, 6.45) is 6.89. The van der Waals surface area contributed by atoms with Gasteiger partial charge in [-0.05, 0) is 73.3 Å². The summed E-state index contributed by atoms with van der Waals surface area (Å²) in [5.74, 6) is 3.25. The first kappa shape index (κ1) is 13.4. The van der Waals surface area contributed by atoms with Gasteiger partial charge in [0, 0.05) is 11.1 Å². The van der Waals surface area contributed by atoms with Crippen molar-refractivity contribution in [3.8, 4) is 11.8 Å². The maximum Gasteiger partial charge on any atom is 0.198 e. The van der Waals surface area contributed by atoms with E-state index in [2.05, 4.69) is 24.3 Å². The van der Waals surface area contributed by atoms with Crippen molar-refractivity contribution in [3.05, 3.63) is 46.5 Å². The van der Waals surface area contributed by atoms with Crippen LogP contribution in [0.5, 0.6) is 11.8 Å². The number of aromatic nitrogens is 1. The van der Waals surface area contributed by atoms with Crippen LogP contribution in [0.2, 0.25) is 0 Å². The molecule has 2 fully saturated rings. The normalized spacial score (nSPS) is 35.2. The SMILES string of the molecule is Oc1c2c(c(O)n1C1CCCc3ccccc31)[C@@H]1CC[C@H]2[C@H]2C[C@H]21. The van der Waals surface area contributed by atoms with Crippen molar-refractivity contribution in [1.82, 2.24) is 4.57 Å². The fourth-order valence-electron chi connectivity index (χ4n) is 6.29. The van der Waals surface area contributed by atoms with Crippen LogP contribution in [0.25, 0.3) is 0 Å². The van der Waals surface area contributed by atoms with E-state index in [0.717, 1.165) is 42.2 Å². The summed E-state index contributed by atoms with van der Waals surface area (Å²) >= 11 is 0. The van der Waals surface area contributed by atoms with Gasteiger partial charge in [-0.2, -0.15) is 0 Å². The van der Waals surface area contributed by atoms with Crippen LogP contribution in [0.3, 0.4) is 0 Å². The molecule has 3 heteroatoms. The third-order valence-electron chi connectivity index (χ3n) is 7.33. The van der Waals surface area contributed by atoms with Crippen LogP contribution in [-0.2, 0) is 6.42 Å². The lowest BCUT2D eigenvalue weighted by molar-refractivity contribution is 0.322. The van der Waals surface area contributed by atoms with E-state index in [1.807, 2.05) is 4.57 Å². The average molecular weight is 321 g/mol. The summed E-state index contributed by atoms with van der Waals surface area (Å²) in [5.41, 5.74) is 4.85. The molecule has 2 saturated carbocycles. The molecule has 0 spiro atoms. The molecule has 0 amide bonds. The predicted octanol–water partition coefficient (Wildman–Crippen LogP) is 4.44. The molecule has 0 aliphatic heterocycles. The lowest BCUT2D eigenvalue weighted by Gasteiger charge is -2.35. The van der Waals surface area contributed by atoms with Gasteiger partial charge in [0.2, 0.25) is 0 Å². The predicted molar refractivity (Wildman–Crippen MR) is 91.6 cm³/mol. The minimum Gasteiger partial charge on any atom is -0.494 e. The van der Waals surface area contributed by atoms with Crippen molar-refractivity contribution in [2.24, 2.45) is 11.8 Å². The molecule has 3 nitrogen and oxygen atoms in total. The summed E-state index contributed by atoms with van der Waals surface area (Å²) < 4.78 is 1.87. The van der Waals surface area contributed by atoms with Gasteiger partial charge >= 0.3 is 0 Å². The number of aryl methyl sites for hydroxylation is 1. The van der Waals surface area contributed by atoms with Crippen LogP contribution >= 0.6 is 0 Å². The van der Waals surface area contributed by atoms with Crippen LogP contribution in [0, 0.1) is 11.8 Å². The quantitative estimate of drug-likeness (QED) is 0.816. The van der Waals surface area contributed by atoms with Crippen LogP contribution in [0.15, 0.2) is 24.3 Å². The molecular weight excluding hydrogens is 298 g/mol. The molecule has 124 valence electrons. The fraction of sp³-hybridized carbons (Fsp3) is 0.524. The van der Waals surface area contributed by atoms with E-state index in [4.69, 9.17) is 0 Å². The lowest BCUT2D eigenvalue weighted by atomic mass is 9.68. The maximum atomic E-state index is 11.1. The highest BCUT2D eigenvalue weighted by Crippen LogP contribution is 2.70. The van der Waals surface area contributed by atoms with Crippen LogP contribution in [0.4, 0.5) is 0 Å². The topological polar surface area (TPSA) is 45.4 Å². The molecule has 2 aromatic rings. The Labute approximate surface area is 141 Å². The molecule has 1 heterocycles. The van der Waals surface area contributed by atoms with Crippen LogP contribution in [0.1, 0.15) is 72.2 Å². The number of nitrogens with zero attached hydrogens (tertiary/aromatic N) is 1. The van der Waals surface area contributed by atoms with Gasteiger partial charge in [0.05, 0.1) is 6.04 Å². The number of hydrogen-bond acceptors (Lipinski definition) is 2. The highest BCUT2D eigenvalue weighted by molar-refractivity contribution is 5.56. The largest absolute Gasteiger partial charge is 0.494 e. The van der Waals surface area contributed by atoms with Crippen molar-refractivity contribution >= 4 is 0 Å². The molecule has 1 aromatic carbocycles. The highest BCUT2D eigenvalue weighted by atomic mass is 16.3. The van der Waals surface area contributed by atoms with Gasteiger partial charge in [0.25, 0.3) is 0 Å². The number of fused-ring (bicyclic) bond motifs is 2. The van der Waals surface area contributed by atoms with Crippen LogP contribution < -0.4 is 0 Å². The van der Waals surface area contributed by atoms with Gasteiger partial charge in [-0.3, -0.25) is 4.57 Å². The Kier molecular flexibility index (Phi) is 2.45. The van der Waals surface area contributed by atoms with E-state index in [1.165, 1.54) is 30.4 Å². The third kappa shape index (κ3) is 1.49. The summed E-state index contributed by atoms with van der Waals surface area (Å²) in [7, 11) is 0. The molecule has 0 saturated heterocycles. The minimum absolute atomic E-state index is 0.0799. The van der Waals surface area contributed by atoms with Crippen molar-refractivity contribution < 1.29 is 10.2 Å². The summed E-state index contributed by atoms with van der Waals surface area (Å²) in [5, 5.41) is 22.2. The van der Waals surface area contributed by atoms with E-state index in [-0.39, 0.29) is 6.04 Å². The summed E-state index contributed by atoms with van der Waals surface area (Å²) in [6.45, 7) is 0. The second-order valence-electron chi connectivity index (χ2n) is 8.31. The Bertz CT molecular complexity index is 812. The van der Waals surface area contributed by atoms with Crippen molar-refractivity contribution in [2.45, 2.75) is 56.4 Å². The van der Waals surface area contributed by atoms with E-state index in [0.29, 0.717) is 23.6 Å². The zero-order valence-electron chi connectivity index (χ0n) is 13.8. The number of rotatable bonds is 1. The molecule has 24 heavy (non-hydrogen) atoms. The smallest absolute Gasteiger partial charge is 0.198 e. The summed E-state index contributed by atoms with van der Waals surface area (Å²) in [4.78, 5) is 0. The molecule has 0 radical (unpaired) electrons. The van der Waals surface area contributed by atoms with Gasteiger partial charge in [0.1, 0.15) is 0 Å². The number of aromatic hydroxyl groups is 2. The van der Waals surface area contributed by atoms with Gasteiger partial charge in [-0.15, -0.1) is 0 Å². The van der Waals surface area contributed by atoms with E-state index < -0.39 is 0 Å². The maximum absolute atomic E-state index is 11.1. The Morgan fingerprint density at radius 2 is 1.54 bits per heavy atom. The Morgan fingerprint density at radius 3 is 2.25 bits per heavy atom. The Morgan fingerprint density at radius 1 is 0.875 bits per heavy atom. The first-order valence-electron chi connectivity index (χ1n) is 9.49. The third-order valence-corrected chi connectivity index (χ3v) is 7.33. The van der Waals surface area contributed by atoms with E-state index in [1.54, 1.807) is 0 Å². The highest BCUT2D eigenvalue weighted by Gasteiger charge is 2.59. The number of benzene rings is 1. The molecule has 7 rings (SSSR count). The molecule has 1 aromatic heterocycles. The second-order valence-corrected chi connectivity index (χ2v) is 8.31. The molecule has 1 unspecified atom stereocenters. The molecular formula is C21H23NO2. The standard InChI is InChI=1S/C21H23NO2/c23-20-18-13-8-9-14(16-10-15(13)16)19(18)21(24)22(20)17-7-3-5-11-4-1-2-6-12(11)17/h1-2,4,6,13-17,23-24H,3,5,7-10H2/t13-,14+,15+,16-,17?. The van der Waals surface area contributed by atoms with Gasteiger partial charge < -0.3 is 10.2 Å². The lowest BCUT2D eigenvalue weighted by Crippen LogP contribution is -2.22. The van der Waals surface area contributed by atoms with Crippen LogP contribution in [-0.4, -0.2) is 14.8 Å². The molecule has 2 N–H and O–H groups in total. The van der Waals surface area contributed by atoms with Gasteiger partial charge in [0.15, 0.2) is 11.8 Å². The van der Waals surface area contributed by atoms with E-state index >= 15 is 0 Å². The first-order chi connectivity index (χ1) is 11.8. The molecule has 5 aliphatic rings. The number of hydrogen-bond donors (Lipinski definition) is 2. The summed E-state index contributed by atoms with van der Waals surface area (Å²) in [6, 6.07) is 8.61. The van der Waals surface area contributed by atoms with E-state index in [9.17, 15) is 10.2 Å². The fourth-order valence-corrected chi connectivity index (χ4v) is 6.29. The molecule has 2 bridgehead atoms. The zero-order valence-corrected chi connectivity index (χ0v) is 13.8. The first-order valence-corrected chi connectivity index (χ1v) is 9.49. The monoisotopic (exact) mass is 321 g/mol. The van der Waals surface area contributed by atoms with Crippen molar-refractivity contribution in [2.75, 3.05) is 0 Å². The zero-order chi connectivity index (χ0) is 16.0. The Hall–Kier alpha value is -1.90. The molecule has 5 aliphatic carbocycles. The molecule has 5 atom stereocenters. The second kappa shape index (κ2) is 4.38. The van der Waals surface area contributed by atoms with Crippen molar-refractivity contribution in [1.29, 1.82) is 0 Å². The van der Waals surface area contributed by atoms with Gasteiger partial charge in [-0.1, -0.05) is 24.3 Å². The minimum atomic E-state index is 0.0799.